The van der Waals surface area contributed by atoms with Crippen molar-refractivity contribution in [2.24, 2.45) is 0 Å². The molecule has 3 N–H and O–H groups in total. The van der Waals surface area contributed by atoms with Crippen LogP contribution in [0.2, 0.25) is 5.02 Å². The monoisotopic (exact) mass is 509 g/mol. The minimum atomic E-state index is -0.514. The van der Waals surface area contributed by atoms with Crippen LogP contribution in [-0.2, 0) is 11.3 Å². The molecule has 3 aromatic carbocycles. The van der Waals surface area contributed by atoms with E-state index in [1.807, 2.05) is 60.7 Å². The molecular weight excluding hydrogens is 478 g/mol. The fourth-order valence-electron chi connectivity index (χ4n) is 5.25. The van der Waals surface area contributed by atoms with E-state index >= 15 is 0 Å². The molecule has 36 heavy (non-hydrogen) atoms. The molecule has 2 aliphatic heterocycles. The third-order valence-corrected chi connectivity index (χ3v) is 7.48. The van der Waals surface area contributed by atoms with Gasteiger partial charge in [-0.1, -0.05) is 48.0 Å². The molecule has 1 saturated heterocycles. The Bertz CT molecular complexity index is 1190. The zero-order chi connectivity index (χ0) is 25.1. The largest absolute Gasteiger partial charge is 0.385 e. The number of piperazine rings is 1. The fraction of sp³-hybridized carbons (Fsp3) is 0.357. The van der Waals surface area contributed by atoms with Gasteiger partial charge in [0.2, 0.25) is 0 Å². The fourth-order valence-corrected chi connectivity index (χ4v) is 5.38. The number of carbonyl (C=O) groups is 2. The predicted octanol–water partition coefficient (Wildman–Crippen LogP) is 0.450. The van der Waals surface area contributed by atoms with Gasteiger partial charge in [-0.3, -0.25) is 14.5 Å². The van der Waals surface area contributed by atoms with Crippen LogP contribution in [0.4, 0.5) is 0 Å². The van der Waals surface area contributed by atoms with E-state index < -0.39 is 6.10 Å². The Balaban J connectivity index is 1.06. The summed E-state index contributed by atoms with van der Waals surface area (Å²) in [4.78, 5) is 30.3. The Kier molecular flexibility index (Phi) is 7.65. The summed E-state index contributed by atoms with van der Waals surface area (Å²) in [6, 6.07) is 18.8. The quantitative estimate of drug-likeness (QED) is 0.366. The van der Waals surface area contributed by atoms with Gasteiger partial charge in [0.1, 0.15) is 38.8 Å². The highest BCUT2D eigenvalue weighted by Crippen LogP contribution is 2.29. The van der Waals surface area contributed by atoms with Gasteiger partial charge in [-0.25, -0.2) is 0 Å². The zero-order valence-electron chi connectivity index (χ0n) is 20.2. The molecule has 0 aliphatic carbocycles. The van der Waals surface area contributed by atoms with Crippen molar-refractivity contribution in [1.29, 1.82) is 0 Å². The van der Waals surface area contributed by atoms with Gasteiger partial charge in [0.05, 0.1) is 26.3 Å². The molecule has 2 amide bonds. The first-order valence-corrected chi connectivity index (χ1v) is 12.9. The Morgan fingerprint density at radius 1 is 0.889 bits per heavy atom. The molecule has 8 heteroatoms. The number of hydrogen-bond donors (Lipinski definition) is 3. The second-order valence-electron chi connectivity index (χ2n) is 9.72. The average molecular weight is 510 g/mol. The number of aliphatic hydroxyl groups is 1. The molecular formula is C28H32ClN3O4+2. The number of rotatable bonds is 9. The second kappa shape index (κ2) is 11.1. The van der Waals surface area contributed by atoms with Crippen molar-refractivity contribution in [3.05, 3.63) is 82.4 Å². The van der Waals surface area contributed by atoms with Gasteiger partial charge in [-0.15, -0.1) is 0 Å². The summed E-state index contributed by atoms with van der Waals surface area (Å²) in [5.74, 6) is -0.399. The molecule has 5 rings (SSSR count). The summed E-state index contributed by atoms with van der Waals surface area (Å²) in [7, 11) is 0. The van der Waals surface area contributed by atoms with Crippen LogP contribution >= 0.6 is 11.6 Å². The summed E-state index contributed by atoms with van der Waals surface area (Å²) < 4.78 is 5.67. The molecule has 2 heterocycles. The molecule has 0 radical (unpaired) electrons. The maximum Gasteiger partial charge on any atom is 0.261 e. The van der Waals surface area contributed by atoms with Crippen LogP contribution in [0.3, 0.4) is 0 Å². The van der Waals surface area contributed by atoms with E-state index in [9.17, 15) is 14.7 Å². The van der Waals surface area contributed by atoms with E-state index in [1.54, 1.807) is 0 Å². The number of nitrogens with zero attached hydrogens (tertiary/aromatic N) is 1. The van der Waals surface area contributed by atoms with Crippen LogP contribution < -0.4 is 9.80 Å². The Labute approximate surface area is 215 Å². The van der Waals surface area contributed by atoms with Crippen molar-refractivity contribution >= 4 is 34.2 Å². The normalized spacial score (nSPS) is 20.7. The number of carbonyl (C=O) groups excluding carboxylic acids is 2. The molecule has 0 spiro atoms. The molecule has 7 nitrogen and oxygen atoms in total. The number of nitrogens with one attached hydrogen (secondary N) is 2. The summed E-state index contributed by atoms with van der Waals surface area (Å²) in [5.41, 5.74) is 2.25. The molecule has 1 atom stereocenters. The predicted molar refractivity (Wildman–Crippen MR) is 138 cm³/mol. The van der Waals surface area contributed by atoms with E-state index in [4.69, 9.17) is 16.3 Å². The van der Waals surface area contributed by atoms with E-state index in [0.717, 1.165) is 49.1 Å². The number of amides is 2. The van der Waals surface area contributed by atoms with Crippen molar-refractivity contribution in [1.82, 2.24) is 4.90 Å². The Morgan fingerprint density at radius 2 is 1.50 bits per heavy atom. The minimum absolute atomic E-state index is 0.199. The maximum absolute atomic E-state index is 13.1. The number of halogens is 1. The molecule has 0 unspecified atom stereocenters. The van der Waals surface area contributed by atoms with E-state index in [2.05, 4.69) is 0 Å². The molecule has 0 aromatic heterocycles. The van der Waals surface area contributed by atoms with Gasteiger partial charge in [0, 0.05) is 21.5 Å². The molecule has 3 aromatic rings. The van der Waals surface area contributed by atoms with Crippen molar-refractivity contribution in [3.8, 4) is 0 Å². The zero-order valence-corrected chi connectivity index (χ0v) is 21.0. The lowest BCUT2D eigenvalue weighted by Gasteiger charge is -2.32. The lowest BCUT2D eigenvalue weighted by Crippen LogP contribution is -3.28. The van der Waals surface area contributed by atoms with Gasteiger partial charge >= 0.3 is 0 Å². The molecule has 2 aliphatic rings. The van der Waals surface area contributed by atoms with Crippen LogP contribution in [0.5, 0.6) is 0 Å². The number of quaternary nitrogens is 2. The van der Waals surface area contributed by atoms with Gasteiger partial charge < -0.3 is 19.6 Å². The highest BCUT2D eigenvalue weighted by Gasteiger charge is 2.34. The van der Waals surface area contributed by atoms with Gasteiger partial charge in [-0.05, 0) is 35.2 Å². The van der Waals surface area contributed by atoms with Crippen LogP contribution in [-0.4, -0.2) is 80.3 Å². The smallest absolute Gasteiger partial charge is 0.261 e. The number of aliphatic hydroxyl groups excluding tert-OH is 1. The van der Waals surface area contributed by atoms with Gasteiger partial charge in [-0.2, -0.15) is 0 Å². The highest BCUT2D eigenvalue weighted by atomic mass is 35.5. The first-order chi connectivity index (χ1) is 17.5. The molecule has 0 saturated carbocycles. The molecule has 1 fully saturated rings. The van der Waals surface area contributed by atoms with Crippen molar-refractivity contribution in [2.45, 2.75) is 12.7 Å². The lowest BCUT2D eigenvalue weighted by atomic mass is 9.94. The number of benzene rings is 3. The summed E-state index contributed by atoms with van der Waals surface area (Å²) in [5, 5.41) is 12.8. The van der Waals surface area contributed by atoms with Gasteiger partial charge in [0.15, 0.2) is 0 Å². The first kappa shape index (κ1) is 24.9. The lowest BCUT2D eigenvalue weighted by molar-refractivity contribution is -1.01. The number of ether oxygens (including phenoxy) is 1. The molecule has 188 valence electrons. The third-order valence-electron chi connectivity index (χ3n) is 7.23. The minimum Gasteiger partial charge on any atom is -0.385 e. The average Bonchev–Trinajstić information content (AvgIpc) is 2.89. The van der Waals surface area contributed by atoms with Crippen LogP contribution in [0.15, 0.2) is 60.7 Å². The van der Waals surface area contributed by atoms with Crippen LogP contribution in [0, 0.1) is 0 Å². The van der Waals surface area contributed by atoms with Crippen LogP contribution in [0.1, 0.15) is 26.3 Å². The summed E-state index contributed by atoms with van der Waals surface area (Å²) >= 11 is 5.90. The number of imide groups is 1. The van der Waals surface area contributed by atoms with Crippen molar-refractivity contribution in [3.63, 3.8) is 0 Å². The first-order valence-electron chi connectivity index (χ1n) is 12.5. The topological polar surface area (TPSA) is 75.7 Å². The Morgan fingerprint density at radius 3 is 2.14 bits per heavy atom. The highest BCUT2D eigenvalue weighted by molar-refractivity contribution is 6.30. The summed E-state index contributed by atoms with van der Waals surface area (Å²) in [6.45, 7) is 6.31. The Hall–Kier alpha value is -2.81. The number of hydrogen-bond acceptors (Lipinski definition) is 4. The standard InChI is InChI=1S/C28H30ClN3O4/c29-22-9-7-20(8-10-22)18-36-19-23(33)17-31-13-11-30(12-14-31)15-16-32-27(34)24-5-1-3-21-4-2-6-25(26(21)24)28(32)35/h1-10,23,33H,11-19H2/p+2/t23-/m1/s1. The van der Waals surface area contributed by atoms with Crippen LogP contribution in [0.25, 0.3) is 10.8 Å². The second-order valence-corrected chi connectivity index (χ2v) is 10.2. The van der Waals surface area contributed by atoms with E-state index in [-0.39, 0.29) is 11.8 Å². The molecule has 0 bridgehead atoms. The van der Waals surface area contributed by atoms with E-state index in [1.165, 1.54) is 14.7 Å². The third kappa shape index (κ3) is 5.45. The van der Waals surface area contributed by atoms with Gasteiger partial charge in [0.25, 0.3) is 11.8 Å². The SMILES string of the molecule is O=C1c2cccc3cccc(c23)C(=O)N1CC[NH+]1CC[NH+](C[C@@H](O)COCc2ccc(Cl)cc2)CC1. The van der Waals surface area contributed by atoms with E-state index in [0.29, 0.717) is 42.5 Å². The van der Waals surface area contributed by atoms with Crippen molar-refractivity contribution in [2.75, 3.05) is 52.4 Å². The summed E-state index contributed by atoms with van der Waals surface area (Å²) in [6.07, 6.45) is -0.514. The maximum atomic E-state index is 13.1. The van der Waals surface area contributed by atoms with Crippen molar-refractivity contribution < 1.29 is 29.2 Å².